The molecule has 2 atom stereocenters. The van der Waals surface area contributed by atoms with E-state index in [0.29, 0.717) is 18.6 Å². The maximum atomic E-state index is 11.7. The van der Waals surface area contributed by atoms with Crippen molar-refractivity contribution >= 4 is 34.5 Å². The molecule has 0 fully saturated rings. The standard InChI is InChI=1S/C15H21IO4/c1-4-7-12(17)19-11-9-6-10-15(3,16)14(11)20-13(18)8-5-2/h6,9-10,14H,4-5,7-8H2,1-3H3. The van der Waals surface area contributed by atoms with Crippen LogP contribution in [0.25, 0.3) is 0 Å². The predicted octanol–water partition coefficient (Wildman–Crippen LogP) is 3.69. The molecule has 0 aromatic carbocycles. The van der Waals surface area contributed by atoms with Gasteiger partial charge in [0.25, 0.3) is 0 Å². The molecule has 0 saturated carbocycles. The first-order valence-corrected chi connectivity index (χ1v) is 7.97. The fraction of sp³-hybridized carbons (Fsp3) is 0.600. The minimum absolute atomic E-state index is 0.270. The van der Waals surface area contributed by atoms with Gasteiger partial charge in [0.1, 0.15) is 5.76 Å². The van der Waals surface area contributed by atoms with E-state index in [0.717, 1.165) is 12.8 Å². The van der Waals surface area contributed by atoms with Crippen LogP contribution in [-0.2, 0) is 19.1 Å². The van der Waals surface area contributed by atoms with Crippen LogP contribution in [0.5, 0.6) is 0 Å². The zero-order valence-electron chi connectivity index (χ0n) is 12.1. The monoisotopic (exact) mass is 392 g/mol. The minimum atomic E-state index is -0.562. The van der Waals surface area contributed by atoms with Crippen LogP contribution in [0.1, 0.15) is 46.5 Å². The Kier molecular flexibility index (Phi) is 6.71. The van der Waals surface area contributed by atoms with Crippen molar-refractivity contribution in [1.82, 2.24) is 0 Å². The molecule has 2 unspecified atom stereocenters. The second-order valence-electron chi connectivity index (χ2n) is 4.92. The second kappa shape index (κ2) is 7.81. The molecule has 0 spiro atoms. The number of esters is 2. The Hall–Kier alpha value is -0.850. The van der Waals surface area contributed by atoms with Gasteiger partial charge < -0.3 is 9.47 Å². The maximum absolute atomic E-state index is 11.7. The van der Waals surface area contributed by atoms with Crippen molar-refractivity contribution in [3.8, 4) is 0 Å². The van der Waals surface area contributed by atoms with Crippen LogP contribution in [0.2, 0.25) is 0 Å². The summed E-state index contributed by atoms with van der Waals surface area (Å²) in [7, 11) is 0. The van der Waals surface area contributed by atoms with Gasteiger partial charge in [-0.2, -0.15) is 0 Å². The summed E-state index contributed by atoms with van der Waals surface area (Å²) in [5, 5.41) is 0. The summed E-state index contributed by atoms with van der Waals surface area (Å²) < 4.78 is 10.4. The molecular formula is C15H21IO4. The number of carbonyl (C=O) groups is 2. The molecule has 4 nitrogen and oxygen atoms in total. The number of allylic oxidation sites excluding steroid dienone is 2. The third-order valence-electron chi connectivity index (χ3n) is 2.84. The van der Waals surface area contributed by atoms with E-state index < -0.39 is 9.53 Å². The lowest BCUT2D eigenvalue weighted by molar-refractivity contribution is -0.154. The summed E-state index contributed by atoms with van der Waals surface area (Å²) >= 11 is 2.20. The minimum Gasteiger partial charge on any atom is -0.452 e. The van der Waals surface area contributed by atoms with Gasteiger partial charge in [0, 0.05) is 12.8 Å². The molecule has 0 heterocycles. The fourth-order valence-electron chi connectivity index (χ4n) is 1.83. The first kappa shape index (κ1) is 17.2. The van der Waals surface area contributed by atoms with Gasteiger partial charge in [0.05, 0.1) is 3.42 Å². The average molecular weight is 392 g/mol. The molecule has 0 aliphatic heterocycles. The highest BCUT2D eigenvalue weighted by molar-refractivity contribution is 14.1. The highest BCUT2D eigenvalue weighted by Crippen LogP contribution is 2.35. The number of ether oxygens (including phenoxy) is 2. The number of carbonyl (C=O) groups excluding carboxylic acids is 2. The summed E-state index contributed by atoms with van der Waals surface area (Å²) in [6.45, 7) is 5.77. The molecule has 0 aromatic heterocycles. The normalized spacial score (nSPS) is 25.0. The zero-order chi connectivity index (χ0) is 15.2. The van der Waals surface area contributed by atoms with Gasteiger partial charge in [0.2, 0.25) is 0 Å². The molecule has 0 N–H and O–H groups in total. The van der Waals surface area contributed by atoms with E-state index in [-0.39, 0.29) is 11.9 Å². The molecule has 1 aliphatic carbocycles. The van der Waals surface area contributed by atoms with Crippen LogP contribution in [0, 0.1) is 0 Å². The van der Waals surface area contributed by atoms with Gasteiger partial charge in [-0.15, -0.1) is 0 Å². The van der Waals surface area contributed by atoms with Crippen molar-refractivity contribution in [2.24, 2.45) is 0 Å². The summed E-state index contributed by atoms with van der Waals surface area (Å²) in [5.74, 6) is -0.154. The van der Waals surface area contributed by atoms with E-state index in [4.69, 9.17) is 9.47 Å². The number of hydrogen-bond acceptors (Lipinski definition) is 4. The van der Waals surface area contributed by atoms with E-state index in [1.807, 2.05) is 32.9 Å². The Morgan fingerprint density at radius 3 is 2.45 bits per heavy atom. The summed E-state index contributed by atoms with van der Waals surface area (Å²) in [6.07, 6.45) is 7.07. The van der Waals surface area contributed by atoms with E-state index in [1.165, 1.54) is 0 Å². The topological polar surface area (TPSA) is 52.6 Å². The van der Waals surface area contributed by atoms with Crippen molar-refractivity contribution in [3.05, 3.63) is 24.0 Å². The van der Waals surface area contributed by atoms with Gasteiger partial charge in [-0.05, 0) is 25.8 Å². The van der Waals surface area contributed by atoms with E-state index in [2.05, 4.69) is 22.6 Å². The number of rotatable bonds is 6. The van der Waals surface area contributed by atoms with Gasteiger partial charge in [-0.1, -0.05) is 48.6 Å². The molecule has 0 radical (unpaired) electrons. The third kappa shape index (κ3) is 4.92. The third-order valence-corrected chi connectivity index (χ3v) is 3.77. The molecule has 1 aliphatic rings. The number of halogens is 1. The first-order valence-electron chi connectivity index (χ1n) is 6.89. The first-order chi connectivity index (χ1) is 9.40. The molecule has 0 bridgehead atoms. The van der Waals surface area contributed by atoms with Gasteiger partial charge in [0.15, 0.2) is 6.10 Å². The Labute approximate surface area is 133 Å². The lowest BCUT2D eigenvalue weighted by Gasteiger charge is -2.32. The van der Waals surface area contributed by atoms with Gasteiger partial charge in [-0.25, -0.2) is 0 Å². The highest BCUT2D eigenvalue weighted by Gasteiger charge is 2.39. The van der Waals surface area contributed by atoms with E-state index in [1.54, 1.807) is 6.08 Å². The fourth-order valence-corrected chi connectivity index (χ4v) is 2.47. The zero-order valence-corrected chi connectivity index (χ0v) is 14.3. The van der Waals surface area contributed by atoms with Crippen molar-refractivity contribution in [1.29, 1.82) is 0 Å². The van der Waals surface area contributed by atoms with Gasteiger partial charge in [-0.3, -0.25) is 9.59 Å². The lowest BCUT2D eigenvalue weighted by atomic mass is 9.97. The smallest absolute Gasteiger partial charge is 0.310 e. The lowest BCUT2D eigenvalue weighted by Crippen LogP contribution is -2.40. The van der Waals surface area contributed by atoms with Crippen LogP contribution >= 0.6 is 22.6 Å². The predicted molar refractivity (Wildman–Crippen MR) is 85.4 cm³/mol. The van der Waals surface area contributed by atoms with Crippen LogP contribution in [0.15, 0.2) is 24.0 Å². The van der Waals surface area contributed by atoms with Gasteiger partial charge >= 0.3 is 11.9 Å². The van der Waals surface area contributed by atoms with Crippen molar-refractivity contribution in [3.63, 3.8) is 0 Å². The Morgan fingerprint density at radius 1 is 1.25 bits per heavy atom. The SMILES string of the molecule is CCCC(=O)OC1=CC=CC(C)(I)C1OC(=O)CCC. The van der Waals surface area contributed by atoms with Crippen molar-refractivity contribution in [2.45, 2.75) is 56.0 Å². The van der Waals surface area contributed by atoms with Crippen LogP contribution in [0.3, 0.4) is 0 Å². The average Bonchev–Trinajstić information content (AvgIpc) is 2.34. The quantitative estimate of drug-likeness (QED) is 0.393. The number of hydrogen-bond donors (Lipinski definition) is 0. The van der Waals surface area contributed by atoms with E-state index in [9.17, 15) is 9.59 Å². The molecule has 0 aromatic rings. The Morgan fingerprint density at radius 2 is 1.85 bits per heavy atom. The molecular weight excluding hydrogens is 371 g/mol. The summed E-state index contributed by atoms with van der Waals surface area (Å²) in [6, 6.07) is 0. The van der Waals surface area contributed by atoms with Crippen LogP contribution < -0.4 is 0 Å². The highest BCUT2D eigenvalue weighted by atomic mass is 127. The Bertz CT molecular complexity index is 424. The molecule has 112 valence electrons. The molecule has 0 amide bonds. The maximum Gasteiger partial charge on any atom is 0.310 e. The van der Waals surface area contributed by atoms with E-state index >= 15 is 0 Å². The van der Waals surface area contributed by atoms with Crippen molar-refractivity contribution in [2.75, 3.05) is 0 Å². The summed E-state index contributed by atoms with van der Waals surface area (Å²) in [5.41, 5.74) is 0. The molecule has 5 heteroatoms. The van der Waals surface area contributed by atoms with Crippen molar-refractivity contribution < 1.29 is 19.1 Å². The molecule has 20 heavy (non-hydrogen) atoms. The van der Waals surface area contributed by atoms with Crippen LogP contribution in [0.4, 0.5) is 0 Å². The molecule has 1 rings (SSSR count). The van der Waals surface area contributed by atoms with Crippen LogP contribution in [-0.4, -0.2) is 21.5 Å². The Balaban J connectivity index is 2.82. The molecule has 0 saturated heterocycles. The summed E-state index contributed by atoms with van der Waals surface area (Å²) in [4.78, 5) is 23.4. The largest absolute Gasteiger partial charge is 0.452 e. The number of alkyl halides is 1. The second-order valence-corrected chi connectivity index (χ2v) is 7.25.